The second kappa shape index (κ2) is 4.01. The monoisotopic (exact) mass is 184 g/mol. The minimum absolute atomic E-state index is 0.551. The molecule has 0 bridgehead atoms. The first-order chi connectivity index (χ1) is 5.63. The summed E-state index contributed by atoms with van der Waals surface area (Å²) < 4.78 is 0. The largest absolute Gasteiger partial charge is 0.330 e. The average molecular weight is 184 g/mol. The number of aryl methyl sites for hydroxylation is 2. The van der Waals surface area contributed by atoms with Crippen molar-refractivity contribution in [1.82, 2.24) is 4.98 Å². The van der Waals surface area contributed by atoms with Crippen molar-refractivity contribution in [3.8, 4) is 0 Å². The van der Waals surface area contributed by atoms with Crippen LogP contribution in [0.25, 0.3) is 0 Å². The highest BCUT2D eigenvalue weighted by molar-refractivity contribution is 7.11. The van der Waals surface area contributed by atoms with Crippen molar-refractivity contribution in [2.75, 3.05) is 6.54 Å². The lowest BCUT2D eigenvalue weighted by Gasteiger charge is -2.03. The van der Waals surface area contributed by atoms with Crippen LogP contribution < -0.4 is 5.73 Å². The lowest BCUT2D eigenvalue weighted by molar-refractivity contribution is 0.590. The van der Waals surface area contributed by atoms with Crippen LogP contribution in [0.1, 0.15) is 22.5 Å². The van der Waals surface area contributed by atoms with Crippen LogP contribution in [0.15, 0.2) is 0 Å². The lowest BCUT2D eigenvalue weighted by Crippen LogP contribution is -2.12. The molecule has 68 valence electrons. The smallest absolute Gasteiger partial charge is 0.0934 e. The molecular weight excluding hydrogens is 168 g/mol. The molecule has 1 heterocycles. The molecule has 1 aromatic rings. The Morgan fingerprint density at radius 3 is 2.58 bits per heavy atom. The summed E-state index contributed by atoms with van der Waals surface area (Å²) in [5.41, 5.74) is 6.71. The molecule has 12 heavy (non-hydrogen) atoms. The van der Waals surface area contributed by atoms with E-state index in [1.165, 1.54) is 15.6 Å². The SMILES string of the molecule is Cc1nc(CC(C)CN)sc1C. The molecule has 0 aliphatic rings. The fraction of sp³-hybridized carbons (Fsp3) is 0.667. The summed E-state index contributed by atoms with van der Waals surface area (Å²) in [6.45, 7) is 7.08. The number of thiazole rings is 1. The van der Waals surface area contributed by atoms with E-state index < -0.39 is 0 Å². The fourth-order valence-electron chi connectivity index (χ4n) is 1.01. The third kappa shape index (κ3) is 2.29. The molecule has 0 aliphatic carbocycles. The van der Waals surface area contributed by atoms with Gasteiger partial charge in [0.25, 0.3) is 0 Å². The Labute approximate surface area is 77.8 Å². The third-order valence-corrected chi connectivity index (χ3v) is 3.09. The molecule has 2 nitrogen and oxygen atoms in total. The zero-order valence-corrected chi connectivity index (χ0v) is 8.74. The fourth-order valence-corrected chi connectivity index (χ4v) is 2.11. The van der Waals surface area contributed by atoms with E-state index in [1.807, 2.05) is 0 Å². The maximum Gasteiger partial charge on any atom is 0.0934 e. The van der Waals surface area contributed by atoms with Crippen LogP contribution in [0.4, 0.5) is 0 Å². The topological polar surface area (TPSA) is 38.9 Å². The van der Waals surface area contributed by atoms with Crippen molar-refractivity contribution in [3.63, 3.8) is 0 Å². The van der Waals surface area contributed by atoms with E-state index >= 15 is 0 Å². The van der Waals surface area contributed by atoms with E-state index in [2.05, 4.69) is 25.8 Å². The highest BCUT2D eigenvalue weighted by Gasteiger charge is 2.06. The Bertz CT molecular complexity index is 236. The Hall–Kier alpha value is -0.410. The van der Waals surface area contributed by atoms with Gasteiger partial charge in [0.15, 0.2) is 0 Å². The third-order valence-electron chi connectivity index (χ3n) is 2.00. The van der Waals surface area contributed by atoms with Crippen LogP contribution >= 0.6 is 11.3 Å². The van der Waals surface area contributed by atoms with Crippen LogP contribution in [0, 0.1) is 19.8 Å². The maximum atomic E-state index is 5.54. The molecule has 0 saturated carbocycles. The summed E-state index contributed by atoms with van der Waals surface area (Å²) >= 11 is 1.79. The van der Waals surface area contributed by atoms with Gasteiger partial charge in [-0.25, -0.2) is 4.98 Å². The highest BCUT2D eigenvalue weighted by atomic mass is 32.1. The molecule has 2 N–H and O–H groups in total. The first-order valence-corrected chi connectivity index (χ1v) is 5.08. The number of nitrogens with zero attached hydrogens (tertiary/aromatic N) is 1. The van der Waals surface area contributed by atoms with E-state index in [0.717, 1.165) is 13.0 Å². The molecule has 0 radical (unpaired) electrons. The van der Waals surface area contributed by atoms with E-state index in [-0.39, 0.29) is 0 Å². The predicted octanol–water partition coefficient (Wildman–Crippen LogP) is 1.90. The molecule has 0 saturated heterocycles. The van der Waals surface area contributed by atoms with Crippen LogP contribution in [0.3, 0.4) is 0 Å². The molecule has 0 spiro atoms. The van der Waals surface area contributed by atoms with Crippen molar-refractivity contribution in [1.29, 1.82) is 0 Å². The summed E-state index contributed by atoms with van der Waals surface area (Å²) in [6, 6.07) is 0. The lowest BCUT2D eigenvalue weighted by atomic mass is 10.1. The Balaban J connectivity index is 2.64. The zero-order chi connectivity index (χ0) is 9.14. The normalized spacial score (nSPS) is 13.3. The van der Waals surface area contributed by atoms with Gasteiger partial charge in [-0.15, -0.1) is 11.3 Å². The van der Waals surface area contributed by atoms with Crippen LogP contribution in [0.5, 0.6) is 0 Å². The van der Waals surface area contributed by atoms with E-state index in [9.17, 15) is 0 Å². The Kier molecular flexibility index (Phi) is 3.23. The van der Waals surface area contributed by atoms with Crippen LogP contribution in [-0.4, -0.2) is 11.5 Å². The van der Waals surface area contributed by atoms with Crippen molar-refractivity contribution in [2.24, 2.45) is 11.7 Å². The van der Waals surface area contributed by atoms with Gasteiger partial charge < -0.3 is 5.73 Å². The van der Waals surface area contributed by atoms with Gasteiger partial charge in [-0.05, 0) is 26.3 Å². The van der Waals surface area contributed by atoms with E-state index in [0.29, 0.717) is 5.92 Å². The molecular formula is C9H16N2S. The molecule has 1 aromatic heterocycles. The van der Waals surface area contributed by atoms with Gasteiger partial charge in [0.05, 0.1) is 10.7 Å². The summed E-state index contributed by atoms with van der Waals surface area (Å²) in [4.78, 5) is 5.79. The Morgan fingerprint density at radius 1 is 1.50 bits per heavy atom. The Morgan fingerprint density at radius 2 is 2.17 bits per heavy atom. The second-order valence-electron chi connectivity index (χ2n) is 3.29. The molecule has 1 rings (SSSR count). The van der Waals surface area contributed by atoms with Gasteiger partial charge in [-0.3, -0.25) is 0 Å². The van der Waals surface area contributed by atoms with Gasteiger partial charge >= 0.3 is 0 Å². The maximum absolute atomic E-state index is 5.54. The summed E-state index contributed by atoms with van der Waals surface area (Å²) in [5.74, 6) is 0.551. The minimum atomic E-state index is 0.551. The van der Waals surface area contributed by atoms with E-state index in [4.69, 9.17) is 5.73 Å². The molecule has 0 fully saturated rings. The highest BCUT2D eigenvalue weighted by Crippen LogP contribution is 2.18. The summed E-state index contributed by atoms with van der Waals surface area (Å²) in [7, 11) is 0. The van der Waals surface area contributed by atoms with Crippen molar-refractivity contribution >= 4 is 11.3 Å². The van der Waals surface area contributed by atoms with Gasteiger partial charge in [0.2, 0.25) is 0 Å². The molecule has 3 heteroatoms. The number of hydrogen-bond acceptors (Lipinski definition) is 3. The van der Waals surface area contributed by atoms with E-state index in [1.54, 1.807) is 11.3 Å². The number of aromatic nitrogens is 1. The quantitative estimate of drug-likeness (QED) is 0.779. The van der Waals surface area contributed by atoms with Crippen LogP contribution in [-0.2, 0) is 6.42 Å². The number of nitrogens with two attached hydrogens (primary N) is 1. The van der Waals surface area contributed by atoms with Gasteiger partial charge in [0.1, 0.15) is 0 Å². The first kappa shape index (κ1) is 9.68. The number of hydrogen-bond donors (Lipinski definition) is 1. The number of rotatable bonds is 3. The summed E-state index contributed by atoms with van der Waals surface area (Å²) in [6.07, 6.45) is 1.02. The molecule has 0 amide bonds. The van der Waals surface area contributed by atoms with Crippen molar-refractivity contribution < 1.29 is 0 Å². The molecule has 0 aliphatic heterocycles. The van der Waals surface area contributed by atoms with Crippen LogP contribution in [0.2, 0.25) is 0 Å². The first-order valence-electron chi connectivity index (χ1n) is 4.26. The molecule has 0 aromatic carbocycles. The zero-order valence-electron chi connectivity index (χ0n) is 7.92. The molecule has 1 atom stereocenters. The van der Waals surface area contributed by atoms with Gasteiger partial charge in [-0.2, -0.15) is 0 Å². The standard InChI is InChI=1S/C9H16N2S/c1-6(5-10)4-9-11-7(2)8(3)12-9/h6H,4-5,10H2,1-3H3. The average Bonchev–Trinajstić information content (AvgIpc) is 2.31. The minimum Gasteiger partial charge on any atom is -0.330 e. The second-order valence-corrected chi connectivity index (χ2v) is 4.58. The van der Waals surface area contributed by atoms with Gasteiger partial charge in [0, 0.05) is 11.3 Å². The van der Waals surface area contributed by atoms with Crippen molar-refractivity contribution in [2.45, 2.75) is 27.2 Å². The van der Waals surface area contributed by atoms with Crippen molar-refractivity contribution in [3.05, 3.63) is 15.6 Å². The predicted molar refractivity (Wildman–Crippen MR) is 53.5 cm³/mol. The molecule has 1 unspecified atom stereocenters. The van der Waals surface area contributed by atoms with Gasteiger partial charge in [-0.1, -0.05) is 6.92 Å². The summed E-state index contributed by atoms with van der Waals surface area (Å²) in [5, 5.41) is 1.22.